The molecule has 1 aliphatic rings. The summed E-state index contributed by atoms with van der Waals surface area (Å²) in [6, 6.07) is 0. The normalized spacial score (nSPS) is 18.4. The van der Waals surface area contributed by atoms with Crippen LogP contribution in [0.1, 0.15) is 20.3 Å². The Kier molecular flexibility index (Phi) is 9.89. The van der Waals surface area contributed by atoms with Crippen molar-refractivity contribution in [1.82, 2.24) is 5.32 Å². The maximum absolute atomic E-state index is 11.2. The molecular formula is C10H19NO5S. The zero-order chi connectivity index (χ0) is 13.1. The molecule has 0 aromatic rings. The van der Waals surface area contributed by atoms with Crippen molar-refractivity contribution in [2.75, 3.05) is 26.4 Å². The number of hydrogen-bond donors (Lipinski definition) is 1. The SMILES string of the molecule is CC(C)OCCNC(=O)O[C@@H]1CCOC1.O=S. The van der Waals surface area contributed by atoms with Crippen molar-refractivity contribution in [3.05, 3.63) is 0 Å². The van der Waals surface area contributed by atoms with Crippen molar-refractivity contribution in [3.63, 3.8) is 0 Å². The zero-order valence-corrected chi connectivity index (χ0v) is 11.0. The van der Waals surface area contributed by atoms with Gasteiger partial charge in [-0.3, -0.25) is 0 Å². The molecule has 0 unspecified atom stereocenters. The Bertz CT molecular complexity index is 209. The summed E-state index contributed by atoms with van der Waals surface area (Å²) in [5, 5.41) is 2.62. The summed E-state index contributed by atoms with van der Waals surface area (Å²) < 4.78 is 23.3. The van der Waals surface area contributed by atoms with Crippen LogP contribution in [-0.4, -0.2) is 48.9 Å². The van der Waals surface area contributed by atoms with Crippen LogP contribution in [0.2, 0.25) is 0 Å². The van der Waals surface area contributed by atoms with Gasteiger partial charge in [-0.05, 0) is 13.8 Å². The van der Waals surface area contributed by atoms with Crippen molar-refractivity contribution in [3.8, 4) is 0 Å². The predicted octanol–water partition coefficient (Wildman–Crippen LogP) is 0.590. The molecule has 0 aromatic carbocycles. The van der Waals surface area contributed by atoms with Gasteiger partial charge >= 0.3 is 6.09 Å². The molecular weight excluding hydrogens is 246 g/mol. The summed E-state index contributed by atoms with van der Waals surface area (Å²) in [4.78, 5) is 11.2. The van der Waals surface area contributed by atoms with Crippen LogP contribution < -0.4 is 5.32 Å². The Morgan fingerprint density at radius 2 is 2.24 bits per heavy atom. The van der Waals surface area contributed by atoms with Gasteiger partial charge in [0, 0.05) is 13.0 Å². The van der Waals surface area contributed by atoms with Gasteiger partial charge in [0.25, 0.3) is 0 Å². The lowest BCUT2D eigenvalue weighted by atomic mass is 10.3. The molecule has 7 heteroatoms. The Morgan fingerprint density at radius 3 is 2.76 bits per heavy atom. The van der Waals surface area contributed by atoms with Gasteiger partial charge in [-0.25, -0.2) is 4.79 Å². The Labute approximate surface area is 107 Å². The third-order valence-electron chi connectivity index (χ3n) is 1.98. The highest BCUT2D eigenvalue weighted by Crippen LogP contribution is 2.07. The van der Waals surface area contributed by atoms with E-state index in [2.05, 4.69) is 17.9 Å². The highest BCUT2D eigenvalue weighted by atomic mass is 32.1. The first-order valence-electron chi connectivity index (χ1n) is 5.49. The van der Waals surface area contributed by atoms with Gasteiger partial charge in [-0.2, -0.15) is 4.21 Å². The summed E-state index contributed by atoms with van der Waals surface area (Å²) in [7, 11) is 0. The third kappa shape index (κ3) is 8.96. The number of hydrogen-bond acceptors (Lipinski definition) is 6. The Morgan fingerprint density at radius 1 is 1.53 bits per heavy atom. The second-order valence-corrected chi connectivity index (χ2v) is 3.74. The smallest absolute Gasteiger partial charge is 0.407 e. The molecule has 1 amide bonds. The van der Waals surface area contributed by atoms with Crippen LogP contribution in [-0.2, 0) is 26.7 Å². The fourth-order valence-corrected chi connectivity index (χ4v) is 1.25. The van der Waals surface area contributed by atoms with E-state index in [1.165, 1.54) is 0 Å². The van der Waals surface area contributed by atoms with Crippen molar-refractivity contribution < 1.29 is 23.2 Å². The zero-order valence-electron chi connectivity index (χ0n) is 10.1. The fraction of sp³-hybridized carbons (Fsp3) is 0.900. The van der Waals surface area contributed by atoms with Crippen LogP contribution in [0.15, 0.2) is 0 Å². The van der Waals surface area contributed by atoms with Crippen molar-refractivity contribution in [2.24, 2.45) is 0 Å². The number of rotatable bonds is 5. The van der Waals surface area contributed by atoms with Gasteiger partial charge in [-0.1, -0.05) is 0 Å². The minimum absolute atomic E-state index is 0.0870. The van der Waals surface area contributed by atoms with Gasteiger partial charge in [0.1, 0.15) is 6.10 Å². The average molecular weight is 265 g/mol. The van der Waals surface area contributed by atoms with Gasteiger partial charge in [0.2, 0.25) is 0 Å². The standard InChI is InChI=1S/C10H19NO4.OS/c1-8(2)14-6-4-11-10(12)15-9-3-5-13-7-9;1-2/h8-9H,3-7H2,1-2H3,(H,11,12);/t9-;/m1./s1. The number of alkyl carbamates (subject to hydrolysis) is 1. The first-order chi connectivity index (χ1) is 8.18. The molecule has 0 spiro atoms. The molecule has 100 valence electrons. The first kappa shape index (κ1) is 16.2. The number of carbonyl (C=O) groups excluding carboxylic acids is 1. The van der Waals surface area contributed by atoms with Crippen LogP contribution in [0.25, 0.3) is 0 Å². The molecule has 1 rings (SSSR count). The maximum Gasteiger partial charge on any atom is 0.407 e. The summed E-state index contributed by atoms with van der Waals surface area (Å²) in [5.74, 6) is 0. The fourth-order valence-electron chi connectivity index (χ4n) is 1.25. The van der Waals surface area contributed by atoms with Crippen molar-refractivity contribution >= 4 is 18.6 Å². The number of ether oxygens (including phenoxy) is 3. The lowest BCUT2D eigenvalue weighted by molar-refractivity contribution is 0.0671. The molecule has 0 saturated carbocycles. The highest BCUT2D eigenvalue weighted by Gasteiger charge is 2.19. The molecule has 1 fully saturated rings. The third-order valence-corrected chi connectivity index (χ3v) is 1.98. The second kappa shape index (κ2) is 10.4. The molecule has 1 N–H and O–H groups in total. The van der Waals surface area contributed by atoms with E-state index in [0.717, 1.165) is 6.42 Å². The van der Waals surface area contributed by atoms with Crippen LogP contribution in [0, 0.1) is 0 Å². The highest BCUT2D eigenvalue weighted by molar-refractivity contribution is 7.44. The van der Waals surface area contributed by atoms with E-state index in [-0.39, 0.29) is 12.2 Å². The summed E-state index contributed by atoms with van der Waals surface area (Å²) in [6.45, 7) is 6.07. The van der Waals surface area contributed by atoms with Crippen molar-refractivity contribution in [2.45, 2.75) is 32.5 Å². The summed E-state index contributed by atoms with van der Waals surface area (Å²) >= 11 is 2.83. The van der Waals surface area contributed by atoms with Crippen molar-refractivity contribution in [1.29, 1.82) is 0 Å². The van der Waals surface area contributed by atoms with E-state index in [4.69, 9.17) is 18.4 Å². The van der Waals surface area contributed by atoms with Gasteiger partial charge < -0.3 is 19.5 Å². The average Bonchev–Trinajstić information content (AvgIpc) is 2.80. The molecule has 0 aromatic heterocycles. The van der Waals surface area contributed by atoms with Crippen LogP contribution >= 0.6 is 0 Å². The van der Waals surface area contributed by atoms with E-state index in [0.29, 0.717) is 26.4 Å². The Balaban J connectivity index is 0.00000121. The molecule has 6 nitrogen and oxygen atoms in total. The van der Waals surface area contributed by atoms with Gasteiger partial charge in [-0.15, -0.1) is 0 Å². The largest absolute Gasteiger partial charge is 0.444 e. The minimum atomic E-state index is -0.391. The lowest BCUT2D eigenvalue weighted by Crippen LogP contribution is -2.32. The molecule has 0 bridgehead atoms. The van der Waals surface area contributed by atoms with E-state index in [9.17, 15) is 4.79 Å². The van der Waals surface area contributed by atoms with Gasteiger partial charge in [0.05, 0.1) is 25.9 Å². The number of carbonyl (C=O) groups is 1. The monoisotopic (exact) mass is 265 g/mol. The molecule has 0 radical (unpaired) electrons. The van der Waals surface area contributed by atoms with Crippen LogP contribution in [0.4, 0.5) is 4.79 Å². The first-order valence-corrected chi connectivity index (χ1v) is 5.82. The molecule has 1 saturated heterocycles. The molecule has 1 atom stereocenters. The van der Waals surface area contributed by atoms with Crippen LogP contribution in [0.5, 0.6) is 0 Å². The summed E-state index contributed by atoms with van der Waals surface area (Å²) in [5.41, 5.74) is 0. The number of amides is 1. The Hall–Kier alpha value is -0.790. The van der Waals surface area contributed by atoms with E-state index in [1.54, 1.807) is 0 Å². The van der Waals surface area contributed by atoms with E-state index >= 15 is 0 Å². The maximum atomic E-state index is 11.2. The topological polar surface area (TPSA) is 73.9 Å². The van der Waals surface area contributed by atoms with E-state index in [1.807, 2.05) is 13.8 Å². The molecule has 0 aliphatic carbocycles. The minimum Gasteiger partial charge on any atom is -0.444 e. The van der Waals surface area contributed by atoms with Crippen LogP contribution in [0.3, 0.4) is 0 Å². The second-order valence-electron chi connectivity index (χ2n) is 3.74. The molecule has 17 heavy (non-hydrogen) atoms. The quantitative estimate of drug-likeness (QED) is 0.733. The lowest BCUT2D eigenvalue weighted by Gasteiger charge is -2.12. The van der Waals surface area contributed by atoms with E-state index < -0.39 is 6.09 Å². The molecule has 1 heterocycles. The summed E-state index contributed by atoms with van der Waals surface area (Å²) in [6.07, 6.45) is 0.496. The molecule has 1 aliphatic heterocycles. The number of nitrogens with one attached hydrogen (secondary N) is 1. The van der Waals surface area contributed by atoms with Gasteiger partial charge in [0.15, 0.2) is 12.5 Å². The predicted molar refractivity (Wildman–Crippen MR) is 62.9 cm³/mol.